The van der Waals surface area contributed by atoms with E-state index >= 15 is 0 Å². The van der Waals surface area contributed by atoms with Crippen LogP contribution in [-0.2, 0) is 15.7 Å². The Morgan fingerprint density at radius 2 is 2.06 bits per heavy atom. The highest BCUT2D eigenvalue weighted by Crippen LogP contribution is 2.36. The normalized spacial score (nSPS) is 24.2. The maximum absolute atomic E-state index is 12.5. The Kier molecular flexibility index (Phi) is 3.30. The largest absolute Gasteiger partial charge is 0.479 e. The van der Waals surface area contributed by atoms with Crippen LogP contribution in [0.25, 0.3) is 0 Å². The van der Waals surface area contributed by atoms with E-state index < -0.39 is 29.9 Å². The third-order valence-electron chi connectivity index (χ3n) is 2.88. The standard InChI is InChI=1S/C12H11F3O3/c13-12(14,15)8-3-1-2-7(6-8)9-4-5-10(18-9)11(16)17/h1-3,6,9-10H,4-5H2,(H,16,17)/t9-,10+/m0/s1. The summed E-state index contributed by atoms with van der Waals surface area (Å²) in [7, 11) is 0. The summed E-state index contributed by atoms with van der Waals surface area (Å²) in [5.74, 6) is -1.08. The quantitative estimate of drug-likeness (QED) is 0.889. The first-order chi connectivity index (χ1) is 8.38. The van der Waals surface area contributed by atoms with E-state index in [1.54, 1.807) is 0 Å². The molecule has 0 aliphatic carbocycles. The van der Waals surface area contributed by atoms with Crippen molar-refractivity contribution >= 4 is 5.97 Å². The van der Waals surface area contributed by atoms with Gasteiger partial charge in [-0.15, -0.1) is 0 Å². The molecule has 3 nitrogen and oxygen atoms in total. The van der Waals surface area contributed by atoms with Gasteiger partial charge in [-0.05, 0) is 30.5 Å². The fourth-order valence-electron chi connectivity index (χ4n) is 1.98. The minimum Gasteiger partial charge on any atom is -0.479 e. The molecule has 1 fully saturated rings. The van der Waals surface area contributed by atoms with Crippen LogP contribution in [0.2, 0.25) is 0 Å². The number of benzene rings is 1. The Labute approximate surface area is 101 Å². The van der Waals surface area contributed by atoms with E-state index in [1.165, 1.54) is 12.1 Å². The number of hydrogen-bond donors (Lipinski definition) is 1. The van der Waals surface area contributed by atoms with Crippen molar-refractivity contribution in [3.8, 4) is 0 Å². The fraction of sp³-hybridized carbons (Fsp3) is 0.417. The number of halogens is 3. The second-order valence-electron chi connectivity index (χ2n) is 4.15. The number of aliphatic carboxylic acids is 1. The van der Waals surface area contributed by atoms with E-state index in [4.69, 9.17) is 9.84 Å². The summed E-state index contributed by atoms with van der Waals surface area (Å²) < 4.78 is 42.8. The number of alkyl halides is 3. The highest BCUT2D eigenvalue weighted by molar-refractivity contribution is 5.72. The molecule has 0 radical (unpaired) electrons. The molecule has 6 heteroatoms. The Bertz CT molecular complexity index is 456. The first kappa shape index (κ1) is 12.9. The van der Waals surface area contributed by atoms with E-state index in [2.05, 4.69) is 0 Å². The average molecular weight is 260 g/mol. The minimum atomic E-state index is -4.40. The number of hydrogen-bond acceptors (Lipinski definition) is 2. The van der Waals surface area contributed by atoms with Crippen molar-refractivity contribution < 1.29 is 27.8 Å². The molecular formula is C12H11F3O3. The van der Waals surface area contributed by atoms with Gasteiger partial charge in [0, 0.05) is 0 Å². The van der Waals surface area contributed by atoms with Gasteiger partial charge in [0.05, 0.1) is 11.7 Å². The summed E-state index contributed by atoms with van der Waals surface area (Å²) in [5, 5.41) is 8.76. The number of ether oxygens (including phenoxy) is 1. The molecule has 0 amide bonds. The van der Waals surface area contributed by atoms with E-state index in [9.17, 15) is 18.0 Å². The van der Waals surface area contributed by atoms with E-state index in [1.807, 2.05) is 0 Å². The SMILES string of the molecule is O=C(O)[C@H]1CC[C@@H](c2cccc(C(F)(F)F)c2)O1. The molecule has 2 atom stereocenters. The number of carboxylic acid groups (broad SMARTS) is 1. The van der Waals surface area contributed by atoms with Crippen LogP contribution in [-0.4, -0.2) is 17.2 Å². The van der Waals surface area contributed by atoms with Crippen molar-refractivity contribution in [2.24, 2.45) is 0 Å². The molecule has 0 bridgehead atoms. The van der Waals surface area contributed by atoms with Gasteiger partial charge < -0.3 is 9.84 Å². The molecule has 0 saturated carbocycles. The summed E-state index contributed by atoms with van der Waals surface area (Å²) in [4.78, 5) is 10.7. The van der Waals surface area contributed by atoms with Crippen LogP contribution in [0, 0.1) is 0 Å². The molecule has 2 rings (SSSR count). The van der Waals surface area contributed by atoms with Crippen LogP contribution in [0.3, 0.4) is 0 Å². The molecule has 1 N–H and O–H groups in total. The van der Waals surface area contributed by atoms with Gasteiger partial charge in [-0.1, -0.05) is 12.1 Å². The van der Waals surface area contributed by atoms with E-state index in [0.29, 0.717) is 18.4 Å². The van der Waals surface area contributed by atoms with Gasteiger partial charge in [-0.3, -0.25) is 0 Å². The van der Waals surface area contributed by atoms with Gasteiger partial charge in [-0.2, -0.15) is 13.2 Å². The van der Waals surface area contributed by atoms with Crippen LogP contribution >= 0.6 is 0 Å². The zero-order valence-corrected chi connectivity index (χ0v) is 9.28. The van der Waals surface area contributed by atoms with Crippen molar-refractivity contribution in [3.63, 3.8) is 0 Å². The monoisotopic (exact) mass is 260 g/mol. The molecule has 0 unspecified atom stereocenters. The zero-order valence-electron chi connectivity index (χ0n) is 9.28. The topological polar surface area (TPSA) is 46.5 Å². The first-order valence-electron chi connectivity index (χ1n) is 5.43. The fourth-order valence-corrected chi connectivity index (χ4v) is 1.98. The van der Waals surface area contributed by atoms with Gasteiger partial charge in [0.15, 0.2) is 6.10 Å². The lowest BCUT2D eigenvalue weighted by Crippen LogP contribution is -2.18. The summed E-state index contributed by atoms with van der Waals surface area (Å²) in [5.41, 5.74) is -0.379. The lowest BCUT2D eigenvalue weighted by molar-refractivity contribution is -0.149. The second kappa shape index (κ2) is 4.61. The lowest BCUT2D eigenvalue weighted by atomic mass is 10.0. The zero-order chi connectivity index (χ0) is 13.3. The third-order valence-corrected chi connectivity index (χ3v) is 2.88. The van der Waals surface area contributed by atoms with Crippen LogP contribution in [0.4, 0.5) is 13.2 Å². The summed E-state index contributed by atoms with van der Waals surface area (Å²) in [6.45, 7) is 0. The third kappa shape index (κ3) is 2.64. The molecule has 1 aromatic rings. The number of carbonyl (C=O) groups is 1. The van der Waals surface area contributed by atoms with Crippen LogP contribution in [0.5, 0.6) is 0 Å². The molecule has 1 aliphatic heterocycles. The molecule has 1 heterocycles. The maximum Gasteiger partial charge on any atom is 0.416 e. The van der Waals surface area contributed by atoms with Crippen molar-refractivity contribution in [1.82, 2.24) is 0 Å². The predicted octanol–water partition coefficient (Wildman–Crippen LogP) is 3.01. The molecule has 0 aromatic heterocycles. The Hall–Kier alpha value is -1.56. The van der Waals surface area contributed by atoms with E-state index in [0.717, 1.165) is 12.1 Å². The molecule has 1 saturated heterocycles. The van der Waals surface area contributed by atoms with Gasteiger partial charge >= 0.3 is 12.1 Å². The maximum atomic E-state index is 12.5. The number of rotatable bonds is 2. The molecule has 98 valence electrons. The predicted molar refractivity (Wildman–Crippen MR) is 55.9 cm³/mol. The summed E-state index contributed by atoms with van der Waals surface area (Å²) in [6.07, 6.45) is -5.17. The molecule has 1 aliphatic rings. The minimum absolute atomic E-state index is 0.316. The van der Waals surface area contributed by atoms with Gasteiger partial charge in [0.25, 0.3) is 0 Å². The highest BCUT2D eigenvalue weighted by Gasteiger charge is 2.34. The molecule has 1 aromatic carbocycles. The summed E-state index contributed by atoms with van der Waals surface area (Å²) >= 11 is 0. The van der Waals surface area contributed by atoms with Crippen molar-refractivity contribution in [1.29, 1.82) is 0 Å². The molecule has 18 heavy (non-hydrogen) atoms. The van der Waals surface area contributed by atoms with Gasteiger partial charge in [-0.25, -0.2) is 4.79 Å². The first-order valence-corrected chi connectivity index (χ1v) is 5.43. The average Bonchev–Trinajstić information content (AvgIpc) is 2.77. The molecular weight excluding hydrogens is 249 g/mol. The lowest BCUT2D eigenvalue weighted by Gasteiger charge is -2.14. The number of carboxylic acids is 1. The summed E-state index contributed by atoms with van der Waals surface area (Å²) in [6, 6.07) is 4.81. The van der Waals surface area contributed by atoms with Crippen molar-refractivity contribution in [2.45, 2.75) is 31.2 Å². The van der Waals surface area contributed by atoms with Gasteiger partial charge in [0.1, 0.15) is 0 Å². The highest BCUT2D eigenvalue weighted by atomic mass is 19.4. The Morgan fingerprint density at radius 3 is 2.61 bits per heavy atom. The van der Waals surface area contributed by atoms with Crippen molar-refractivity contribution in [2.75, 3.05) is 0 Å². The van der Waals surface area contributed by atoms with Crippen LogP contribution in [0.15, 0.2) is 24.3 Å². The van der Waals surface area contributed by atoms with Crippen LogP contribution in [0.1, 0.15) is 30.1 Å². The Balaban J connectivity index is 2.18. The smallest absolute Gasteiger partial charge is 0.416 e. The van der Waals surface area contributed by atoms with Crippen LogP contribution < -0.4 is 0 Å². The molecule has 0 spiro atoms. The Morgan fingerprint density at radius 1 is 1.33 bits per heavy atom. The van der Waals surface area contributed by atoms with Crippen molar-refractivity contribution in [3.05, 3.63) is 35.4 Å². The van der Waals surface area contributed by atoms with Gasteiger partial charge in [0.2, 0.25) is 0 Å². The van der Waals surface area contributed by atoms with E-state index in [-0.39, 0.29) is 0 Å². The second-order valence-corrected chi connectivity index (χ2v) is 4.15.